The zero-order valence-electron chi connectivity index (χ0n) is 19.1. The number of carbonyl (C=O) groups is 1. The number of aromatic nitrogens is 7. The van der Waals surface area contributed by atoms with E-state index in [0.717, 1.165) is 0 Å². The number of para-hydroxylation sites is 1. The van der Waals surface area contributed by atoms with E-state index >= 15 is 0 Å². The van der Waals surface area contributed by atoms with E-state index in [1.165, 1.54) is 17.9 Å². The van der Waals surface area contributed by atoms with Crippen LogP contribution in [-0.2, 0) is 7.05 Å². The Morgan fingerprint density at radius 2 is 2.13 bits per heavy atom. The topological polar surface area (TPSA) is 125 Å². The molecule has 0 aliphatic rings. The van der Waals surface area contributed by atoms with Gasteiger partial charge in [-0.3, -0.25) is 9.48 Å². The number of nitrogens with zero attached hydrogens (tertiary/aromatic N) is 7. The molecule has 3 aromatic heterocycles. The number of hydrogen-bond donors (Lipinski definition) is 2. The molecule has 0 atom stereocenters. The summed E-state index contributed by atoms with van der Waals surface area (Å²) in [6.45, 7) is -2.70. The first-order valence-corrected chi connectivity index (χ1v) is 8.75. The normalized spacial score (nSPS) is 12.5. The largest absolute Gasteiger partial charge is 0.494 e. The molecule has 1 amide bonds. The van der Waals surface area contributed by atoms with Crippen molar-refractivity contribution in [1.29, 1.82) is 0 Å². The Morgan fingerprint density at radius 3 is 2.83 bits per heavy atom. The van der Waals surface area contributed by atoms with Crippen molar-refractivity contribution in [3.63, 3.8) is 0 Å². The fraction of sp³-hybridized carbons (Fsp3) is 0.158. The Balaban J connectivity index is 1.79. The molecular weight excluding hydrogens is 386 g/mol. The second-order valence-corrected chi connectivity index (χ2v) is 6.12. The van der Waals surface area contributed by atoms with Crippen LogP contribution in [0.4, 0.5) is 11.4 Å². The molecule has 3 heterocycles. The van der Waals surface area contributed by atoms with Crippen LogP contribution in [0.5, 0.6) is 5.75 Å². The van der Waals surface area contributed by atoms with Crippen LogP contribution >= 0.6 is 0 Å². The summed E-state index contributed by atoms with van der Waals surface area (Å²) in [6, 6.07) is 8.52. The molecule has 30 heavy (non-hydrogen) atoms. The van der Waals surface area contributed by atoms with Gasteiger partial charge in [-0.2, -0.15) is 10.2 Å². The third-order valence-electron chi connectivity index (χ3n) is 4.18. The maximum absolute atomic E-state index is 12.6. The lowest BCUT2D eigenvalue weighted by atomic mass is 10.1. The standard InChI is InChI=1S/C19H19N9O2/c1-20-19(29)16-14(10-15(24-25-16)28-9-5-8-22-28)23-13-7-4-6-12(17(13)30-3)18-21-11-27(2)26-18/h4-11H,1-3H3,(H,20,29)(H,23,24)/i1D3. The molecule has 0 spiro atoms. The molecule has 4 aromatic rings. The van der Waals surface area contributed by atoms with Gasteiger partial charge in [-0.25, -0.2) is 9.67 Å². The molecule has 0 aliphatic carbocycles. The molecule has 0 aliphatic heterocycles. The number of hydrogen-bond acceptors (Lipinski definition) is 8. The van der Waals surface area contributed by atoms with Crippen molar-refractivity contribution < 1.29 is 13.6 Å². The molecule has 11 nitrogen and oxygen atoms in total. The van der Waals surface area contributed by atoms with Crippen molar-refractivity contribution in [2.24, 2.45) is 7.05 Å². The van der Waals surface area contributed by atoms with Gasteiger partial charge in [0.1, 0.15) is 6.33 Å². The summed E-state index contributed by atoms with van der Waals surface area (Å²) >= 11 is 0. The van der Waals surface area contributed by atoms with Crippen LogP contribution in [0.1, 0.15) is 14.6 Å². The van der Waals surface area contributed by atoms with Crippen LogP contribution in [0.3, 0.4) is 0 Å². The van der Waals surface area contributed by atoms with Crippen molar-refractivity contribution in [2.75, 3.05) is 19.4 Å². The Bertz CT molecular complexity index is 1290. The van der Waals surface area contributed by atoms with Crippen molar-refractivity contribution >= 4 is 17.3 Å². The van der Waals surface area contributed by atoms with E-state index < -0.39 is 12.9 Å². The fourth-order valence-electron chi connectivity index (χ4n) is 2.86. The Kier molecular flexibility index (Phi) is 4.16. The maximum Gasteiger partial charge on any atom is 0.273 e. The van der Waals surface area contributed by atoms with Gasteiger partial charge in [0.2, 0.25) is 0 Å². The predicted molar refractivity (Wildman–Crippen MR) is 109 cm³/mol. The Labute approximate surface area is 175 Å². The average Bonchev–Trinajstić information content (AvgIpc) is 3.44. The van der Waals surface area contributed by atoms with Crippen LogP contribution in [0.25, 0.3) is 17.2 Å². The van der Waals surface area contributed by atoms with Crippen molar-refractivity contribution in [2.45, 2.75) is 0 Å². The monoisotopic (exact) mass is 408 g/mol. The minimum Gasteiger partial charge on any atom is -0.494 e. The van der Waals surface area contributed by atoms with Crippen LogP contribution in [-0.4, -0.2) is 54.7 Å². The summed E-state index contributed by atoms with van der Waals surface area (Å²) in [7, 11) is 3.25. The Morgan fingerprint density at radius 1 is 1.23 bits per heavy atom. The molecule has 0 saturated heterocycles. The van der Waals surface area contributed by atoms with Crippen molar-refractivity contribution in [3.05, 3.63) is 54.7 Å². The first-order chi connectivity index (χ1) is 15.7. The van der Waals surface area contributed by atoms with E-state index in [9.17, 15) is 4.79 Å². The lowest BCUT2D eigenvalue weighted by Gasteiger charge is -2.16. The molecule has 4 rings (SSSR count). The SMILES string of the molecule is [2H]C([2H])([2H])NC(=O)c1nnc(-n2cccn2)cc1Nc1cccc(-c2ncn(C)n2)c1OC. The summed E-state index contributed by atoms with van der Waals surface area (Å²) in [5.74, 6) is 0.264. The molecule has 0 fully saturated rings. The maximum atomic E-state index is 12.6. The highest BCUT2D eigenvalue weighted by atomic mass is 16.5. The molecule has 0 bridgehead atoms. The first kappa shape index (κ1) is 15.6. The summed E-state index contributed by atoms with van der Waals surface area (Å²) in [4.78, 5) is 16.9. The smallest absolute Gasteiger partial charge is 0.273 e. The van der Waals surface area contributed by atoms with Crippen molar-refractivity contribution in [3.8, 4) is 23.0 Å². The van der Waals surface area contributed by atoms with Gasteiger partial charge in [-0.15, -0.1) is 10.2 Å². The zero-order valence-corrected chi connectivity index (χ0v) is 16.1. The van der Waals surface area contributed by atoms with Crippen LogP contribution in [0, 0.1) is 0 Å². The van der Waals surface area contributed by atoms with Crippen LogP contribution < -0.4 is 15.4 Å². The van der Waals surface area contributed by atoms with Gasteiger partial charge in [-0.05, 0) is 18.2 Å². The quantitative estimate of drug-likeness (QED) is 0.493. The number of rotatable bonds is 6. The van der Waals surface area contributed by atoms with Gasteiger partial charge < -0.3 is 15.4 Å². The highest BCUT2D eigenvalue weighted by Gasteiger charge is 2.19. The predicted octanol–water partition coefficient (Wildman–Crippen LogP) is 1.57. The molecule has 1 aromatic carbocycles. The van der Waals surface area contributed by atoms with E-state index in [1.807, 2.05) is 5.32 Å². The number of anilines is 2. The zero-order chi connectivity index (χ0) is 23.6. The second kappa shape index (κ2) is 7.99. The van der Waals surface area contributed by atoms with Crippen molar-refractivity contribution in [1.82, 2.24) is 40.1 Å². The molecule has 152 valence electrons. The third-order valence-corrected chi connectivity index (χ3v) is 4.18. The van der Waals surface area contributed by atoms with E-state index in [2.05, 4.69) is 30.7 Å². The van der Waals surface area contributed by atoms with Crippen LogP contribution in [0.2, 0.25) is 0 Å². The minimum absolute atomic E-state index is 0.196. The molecule has 0 radical (unpaired) electrons. The van der Waals surface area contributed by atoms with Gasteiger partial charge in [0.05, 0.1) is 24.0 Å². The summed E-state index contributed by atoms with van der Waals surface area (Å²) < 4.78 is 30.6. The van der Waals surface area contributed by atoms with E-state index in [1.54, 1.807) is 54.7 Å². The van der Waals surface area contributed by atoms with Gasteiger partial charge in [-0.1, -0.05) is 6.07 Å². The number of methoxy groups -OCH3 is 1. The van der Waals surface area contributed by atoms with E-state index in [-0.39, 0.29) is 11.4 Å². The lowest BCUT2D eigenvalue weighted by Crippen LogP contribution is -2.22. The summed E-state index contributed by atoms with van der Waals surface area (Å²) in [6.07, 6.45) is 4.79. The highest BCUT2D eigenvalue weighted by molar-refractivity contribution is 5.98. The number of ether oxygens (including phenoxy) is 1. The molecule has 2 N–H and O–H groups in total. The first-order valence-electron chi connectivity index (χ1n) is 10.3. The van der Waals surface area contributed by atoms with E-state index in [4.69, 9.17) is 8.85 Å². The fourth-order valence-corrected chi connectivity index (χ4v) is 2.86. The number of carbonyl (C=O) groups excluding carboxylic acids is 1. The van der Waals surface area contributed by atoms with Crippen LogP contribution in [0.15, 0.2) is 49.1 Å². The number of benzene rings is 1. The number of aryl methyl sites for hydroxylation is 1. The molecule has 0 saturated carbocycles. The summed E-state index contributed by atoms with van der Waals surface area (Å²) in [5, 5.41) is 21.4. The highest BCUT2D eigenvalue weighted by Crippen LogP contribution is 2.36. The lowest BCUT2D eigenvalue weighted by molar-refractivity contribution is 0.0958. The van der Waals surface area contributed by atoms with Gasteiger partial charge >= 0.3 is 0 Å². The average molecular weight is 408 g/mol. The summed E-state index contributed by atoms with van der Waals surface area (Å²) in [5.41, 5.74) is 1.07. The number of amides is 1. The molecular formula is C19H19N9O2. The third kappa shape index (κ3) is 3.55. The van der Waals surface area contributed by atoms with E-state index in [0.29, 0.717) is 28.6 Å². The van der Waals surface area contributed by atoms with Gasteiger partial charge in [0, 0.05) is 36.6 Å². The molecule has 11 heteroatoms. The van der Waals surface area contributed by atoms with Gasteiger partial charge in [0.15, 0.2) is 23.1 Å². The Hall–Kier alpha value is -4.28. The molecule has 0 unspecified atom stereocenters. The minimum atomic E-state index is -2.70. The second-order valence-electron chi connectivity index (χ2n) is 6.12. The van der Waals surface area contributed by atoms with Gasteiger partial charge in [0.25, 0.3) is 5.91 Å². The number of nitrogens with one attached hydrogen (secondary N) is 2.